The highest BCUT2D eigenvalue weighted by molar-refractivity contribution is 5.91. The average molecular weight is 387 g/mol. The molecule has 0 saturated carbocycles. The van der Waals surface area contributed by atoms with Gasteiger partial charge in [0.15, 0.2) is 5.82 Å². The van der Waals surface area contributed by atoms with E-state index in [0.29, 0.717) is 19.0 Å². The summed E-state index contributed by atoms with van der Waals surface area (Å²) >= 11 is 0. The zero-order valence-corrected chi connectivity index (χ0v) is 16.8. The van der Waals surface area contributed by atoms with Crippen molar-refractivity contribution in [2.24, 2.45) is 0 Å². The third kappa shape index (κ3) is 4.62. The van der Waals surface area contributed by atoms with Crippen molar-refractivity contribution >= 4 is 12.0 Å². The minimum Gasteiger partial charge on any atom is -0.339 e. The maximum Gasteiger partial charge on any atom is 0.257 e. The lowest BCUT2D eigenvalue weighted by molar-refractivity contribution is -0.127. The van der Waals surface area contributed by atoms with Crippen molar-refractivity contribution in [1.29, 1.82) is 0 Å². The molecule has 1 aliphatic heterocycles. The van der Waals surface area contributed by atoms with Crippen LogP contribution < -0.4 is 0 Å². The number of nitrogens with zero attached hydrogens (tertiary/aromatic N) is 3. The largest absolute Gasteiger partial charge is 0.339 e. The van der Waals surface area contributed by atoms with Crippen LogP contribution in [0, 0.1) is 13.8 Å². The number of amides is 1. The number of carbonyl (C=O) groups is 1. The van der Waals surface area contributed by atoms with Crippen molar-refractivity contribution in [3.05, 3.63) is 77.1 Å². The Balaban J connectivity index is 1.34. The van der Waals surface area contributed by atoms with Crippen LogP contribution in [0.1, 0.15) is 41.3 Å². The van der Waals surface area contributed by atoms with Gasteiger partial charge in [-0.25, -0.2) is 0 Å². The molecule has 2 aromatic carbocycles. The van der Waals surface area contributed by atoms with E-state index in [4.69, 9.17) is 4.52 Å². The number of aryl methyl sites for hydroxylation is 2. The smallest absolute Gasteiger partial charge is 0.257 e. The van der Waals surface area contributed by atoms with E-state index < -0.39 is 0 Å². The fraction of sp³-hybridized carbons (Fsp3) is 0.292. The molecule has 0 radical (unpaired) electrons. The van der Waals surface area contributed by atoms with E-state index in [1.807, 2.05) is 66.4 Å². The molecule has 5 nitrogen and oxygen atoms in total. The number of benzene rings is 2. The minimum absolute atomic E-state index is 0.0532. The van der Waals surface area contributed by atoms with Gasteiger partial charge in [0.1, 0.15) is 0 Å². The molecule has 1 aliphatic rings. The first-order valence-electron chi connectivity index (χ1n) is 10.0. The second-order valence-corrected chi connectivity index (χ2v) is 7.67. The van der Waals surface area contributed by atoms with Crippen molar-refractivity contribution < 1.29 is 9.32 Å². The summed E-state index contributed by atoms with van der Waals surface area (Å²) in [5.74, 6) is 1.57. The number of carbonyl (C=O) groups excluding carboxylic acids is 1. The molecule has 1 saturated heterocycles. The summed E-state index contributed by atoms with van der Waals surface area (Å²) < 4.78 is 5.46. The minimum atomic E-state index is 0.0532. The lowest BCUT2D eigenvalue weighted by Gasteiger charge is -2.29. The Kier molecular flexibility index (Phi) is 5.56. The number of hydrogen-bond acceptors (Lipinski definition) is 4. The van der Waals surface area contributed by atoms with Crippen molar-refractivity contribution in [3.8, 4) is 11.5 Å². The van der Waals surface area contributed by atoms with Crippen LogP contribution in [0.5, 0.6) is 0 Å². The molecule has 1 aromatic heterocycles. The Hall–Kier alpha value is -3.21. The molecule has 3 aromatic rings. The highest BCUT2D eigenvalue weighted by Crippen LogP contribution is 2.28. The van der Waals surface area contributed by atoms with Crippen molar-refractivity contribution in [2.75, 3.05) is 13.1 Å². The highest BCUT2D eigenvalue weighted by Gasteiger charge is 2.26. The van der Waals surface area contributed by atoms with Crippen LogP contribution in [0.4, 0.5) is 0 Å². The molecule has 0 unspecified atom stereocenters. The zero-order chi connectivity index (χ0) is 20.2. The normalized spacial score (nSPS) is 15.2. The van der Waals surface area contributed by atoms with Crippen molar-refractivity contribution in [1.82, 2.24) is 15.0 Å². The summed E-state index contributed by atoms with van der Waals surface area (Å²) in [5.41, 5.74) is 4.38. The third-order valence-corrected chi connectivity index (χ3v) is 5.41. The van der Waals surface area contributed by atoms with Crippen LogP contribution >= 0.6 is 0 Å². The standard InChI is InChI=1S/C24H25N3O2/c1-17-3-7-19(8-4-17)9-12-22(28)27-15-13-20(14-16-27)23-25-24(29-26-23)21-10-5-18(2)6-11-21/h3-12,20H,13-16H2,1-2H3/b12-9+. The Labute approximate surface area is 171 Å². The van der Waals surface area contributed by atoms with E-state index in [1.54, 1.807) is 6.08 Å². The predicted octanol–water partition coefficient (Wildman–Crippen LogP) is 4.77. The zero-order valence-electron chi connectivity index (χ0n) is 16.8. The van der Waals surface area contributed by atoms with Crippen molar-refractivity contribution in [3.63, 3.8) is 0 Å². The van der Waals surface area contributed by atoms with Gasteiger partial charge < -0.3 is 9.42 Å². The van der Waals surface area contributed by atoms with E-state index in [0.717, 1.165) is 29.8 Å². The Morgan fingerprint density at radius 1 is 1.00 bits per heavy atom. The maximum atomic E-state index is 12.5. The number of likely N-dealkylation sites (tertiary alicyclic amines) is 1. The molecule has 0 atom stereocenters. The molecule has 0 bridgehead atoms. The van der Waals surface area contributed by atoms with Gasteiger partial charge >= 0.3 is 0 Å². The topological polar surface area (TPSA) is 59.2 Å². The maximum absolute atomic E-state index is 12.5. The third-order valence-electron chi connectivity index (χ3n) is 5.41. The first-order valence-corrected chi connectivity index (χ1v) is 10.0. The van der Waals surface area contributed by atoms with Gasteiger partial charge in [0.25, 0.3) is 5.89 Å². The van der Waals surface area contributed by atoms with Gasteiger partial charge in [-0.1, -0.05) is 52.7 Å². The quantitative estimate of drug-likeness (QED) is 0.605. The molecule has 4 rings (SSSR count). The lowest BCUT2D eigenvalue weighted by atomic mass is 9.96. The molecule has 0 N–H and O–H groups in total. The first-order chi connectivity index (χ1) is 14.1. The van der Waals surface area contributed by atoms with Crippen LogP contribution in [0.25, 0.3) is 17.5 Å². The SMILES string of the molecule is Cc1ccc(/C=C/C(=O)N2CCC(c3noc(-c4ccc(C)cc4)n3)CC2)cc1. The molecule has 1 amide bonds. The van der Waals surface area contributed by atoms with Gasteiger partial charge in [0.05, 0.1) is 0 Å². The molecule has 29 heavy (non-hydrogen) atoms. The summed E-state index contributed by atoms with van der Waals surface area (Å²) in [6.07, 6.45) is 5.23. The number of aromatic nitrogens is 2. The van der Waals surface area contributed by atoms with E-state index in [1.165, 1.54) is 11.1 Å². The Bertz CT molecular complexity index is 995. The summed E-state index contributed by atoms with van der Waals surface area (Å²) in [4.78, 5) is 19.0. The van der Waals surface area contributed by atoms with Crippen LogP contribution in [0.15, 0.2) is 59.1 Å². The molecule has 1 fully saturated rings. The molecule has 2 heterocycles. The Morgan fingerprint density at radius 3 is 2.28 bits per heavy atom. The van der Waals surface area contributed by atoms with Crippen LogP contribution in [0.3, 0.4) is 0 Å². The van der Waals surface area contributed by atoms with Crippen LogP contribution in [0.2, 0.25) is 0 Å². The number of piperidine rings is 1. The van der Waals surface area contributed by atoms with E-state index in [-0.39, 0.29) is 11.8 Å². The van der Waals surface area contributed by atoms with Gasteiger partial charge in [-0.2, -0.15) is 4.98 Å². The molecular formula is C24H25N3O2. The summed E-state index contributed by atoms with van der Waals surface area (Å²) in [6, 6.07) is 16.2. The molecular weight excluding hydrogens is 362 g/mol. The summed E-state index contributed by atoms with van der Waals surface area (Å²) in [5, 5.41) is 4.19. The number of hydrogen-bond donors (Lipinski definition) is 0. The molecule has 5 heteroatoms. The monoisotopic (exact) mass is 387 g/mol. The number of rotatable bonds is 4. The first kappa shape index (κ1) is 19.1. The fourth-order valence-corrected chi connectivity index (χ4v) is 3.52. The van der Waals surface area contributed by atoms with Crippen LogP contribution in [-0.4, -0.2) is 34.0 Å². The predicted molar refractivity (Wildman–Crippen MR) is 113 cm³/mol. The second-order valence-electron chi connectivity index (χ2n) is 7.67. The highest BCUT2D eigenvalue weighted by atomic mass is 16.5. The van der Waals surface area contributed by atoms with Gasteiger partial charge in [0, 0.05) is 30.6 Å². The van der Waals surface area contributed by atoms with Gasteiger partial charge in [-0.3, -0.25) is 4.79 Å². The van der Waals surface area contributed by atoms with E-state index >= 15 is 0 Å². The molecule has 0 aliphatic carbocycles. The second kappa shape index (κ2) is 8.43. The average Bonchev–Trinajstić information content (AvgIpc) is 3.24. The van der Waals surface area contributed by atoms with Gasteiger partial charge in [-0.15, -0.1) is 0 Å². The van der Waals surface area contributed by atoms with Gasteiger partial charge in [0.2, 0.25) is 5.91 Å². The summed E-state index contributed by atoms with van der Waals surface area (Å²) in [7, 11) is 0. The van der Waals surface area contributed by atoms with Crippen molar-refractivity contribution in [2.45, 2.75) is 32.6 Å². The van der Waals surface area contributed by atoms with Crippen LogP contribution in [-0.2, 0) is 4.79 Å². The fourth-order valence-electron chi connectivity index (χ4n) is 3.52. The van der Waals surface area contributed by atoms with Gasteiger partial charge in [-0.05, 0) is 50.5 Å². The van der Waals surface area contributed by atoms with E-state index in [2.05, 4.69) is 17.1 Å². The lowest BCUT2D eigenvalue weighted by Crippen LogP contribution is -2.37. The molecule has 0 spiro atoms. The summed E-state index contributed by atoms with van der Waals surface area (Å²) in [6.45, 7) is 5.51. The van der Waals surface area contributed by atoms with E-state index in [9.17, 15) is 4.79 Å². The Morgan fingerprint density at radius 2 is 1.62 bits per heavy atom. The molecule has 148 valence electrons.